The van der Waals surface area contributed by atoms with E-state index in [9.17, 15) is 25.3 Å². The molecule has 2 unspecified atom stereocenters. The van der Waals surface area contributed by atoms with Gasteiger partial charge in [-0.25, -0.2) is 0 Å². The lowest BCUT2D eigenvalue weighted by atomic mass is 10.0. The van der Waals surface area contributed by atoms with Crippen molar-refractivity contribution in [2.75, 3.05) is 14.2 Å². The maximum absolute atomic E-state index is 11.0. The summed E-state index contributed by atoms with van der Waals surface area (Å²) in [6, 6.07) is 0.831. The molecule has 110 valence electrons. The highest BCUT2D eigenvalue weighted by molar-refractivity contribution is 5.55. The minimum atomic E-state index is -1.63. The van der Waals surface area contributed by atoms with Gasteiger partial charge in [-0.15, -0.1) is 0 Å². The number of hydrogen-bond acceptors (Lipinski definition) is 7. The molecule has 1 aromatic rings. The SMILES string of the molecule is COc1cc(C(O)C(C)[N+](=O)[O-])c([N+](=O)[O-])cc1OC. The second-order valence-electron chi connectivity index (χ2n) is 3.99. The third kappa shape index (κ3) is 2.94. The fourth-order valence-electron chi connectivity index (χ4n) is 1.65. The van der Waals surface area contributed by atoms with Crippen LogP contribution in [0.15, 0.2) is 12.1 Å². The lowest BCUT2D eigenvalue weighted by molar-refractivity contribution is -0.531. The molecular weight excluding hydrogens is 272 g/mol. The molecule has 0 spiro atoms. The van der Waals surface area contributed by atoms with Gasteiger partial charge in [-0.3, -0.25) is 20.2 Å². The van der Waals surface area contributed by atoms with E-state index in [0.717, 1.165) is 13.0 Å². The number of aliphatic hydroxyl groups is 1. The van der Waals surface area contributed by atoms with Crippen molar-refractivity contribution in [3.8, 4) is 11.5 Å². The number of ether oxygens (including phenoxy) is 2. The number of nitro groups is 2. The highest BCUT2D eigenvalue weighted by Gasteiger charge is 2.33. The fraction of sp³-hybridized carbons (Fsp3) is 0.455. The summed E-state index contributed by atoms with van der Waals surface area (Å²) in [6.45, 7) is 1.16. The first-order chi connectivity index (χ1) is 9.33. The molecule has 0 radical (unpaired) electrons. The monoisotopic (exact) mass is 286 g/mol. The molecule has 0 aliphatic rings. The van der Waals surface area contributed by atoms with Gasteiger partial charge in [-0.05, 0) is 6.07 Å². The lowest BCUT2D eigenvalue weighted by Gasteiger charge is -2.15. The molecule has 0 fully saturated rings. The molecule has 9 heteroatoms. The Hall–Kier alpha value is -2.42. The summed E-state index contributed by atoms with van der Waals surface area (Å²) in [7, 11) is 2.62. The van der Waals surface area contributed by atoms with Crippen LogP contribution >= 0.6 is 0 Å². The van der Waals surface area contributed by atoms with E-state index in [1.807, 2.05) is 0 Å². The van der Waals surface area contributed by atoms with Crippen molar-refractivity contribution in [1.82, 2.24) is 0 Å². The van der Waals surface area contributed by atoms with Crippen molar-refractivity contribution in [2.45, 2.75) is 19.1 Å². The Balaban J connectivity index is 3.43. The number of methoxy groups -OCH3 is 2. The van der Waals surface area contributed by atoms with Crippen LogP contribution in [-0.2, 0) is 0 Å². The number of rotatable bonds is 6. The normalized spacial score (nSPS) is 13.4. The molecule has 1 N–H and O–H groups in total. The molecule has 0 saturated carbocycles. The summed E-state index contributed by atoms with van der Waals surface area (Å²) < 4.78 is 9.90. The number of benzene rings is 1. The number of nitro benzene ring substituents is 1. The van der Waals surface area contributed by atoms with Gasteiger partial charge in [0, 0.05) is 11.8 Å². The Morgan fingerprint density at radius 1 is 1.15 bits per heavy atom. The van der Waals surface area contributed by atoms with Gasteiger partial charge < -0.3 is 14.6 Å². The van der Waals surface area contributed by atoms with Crippen molar-refractivity contribution in [3.05, 3.63) is 37.9 Å². The lowest BCUT2D eigenvalue weighted by Crippen LogP contribution is -2.24. The van der Waals surface area contributed by atoms with E-state index in [1.54, 1.807) is 0 Å². The summed E-state index contributed by atoms with van der Waals surface area (Å²) in [4.78, 5) is 20.2. The van der Waals surface area contributed by atoms with Crippen molar-refractivity contribution >= 4 is 5.69 Å². The van der Waals surface area contributed by atoms with E-state index >= 15 is 0 Å². The molecular formula is C11H14N2O7. The molecule has 0 aliphatic carbocycles. The molecule has 1 aromatic carbocycles. The third-order valence-electron chi connectivity index (χ3n) is 2.84. The Labute approximate surface area is 114 Å². The Kier molecular flexibility index (Phi) is 4.81. The Bertz CT molecular complexity index is 532. The van der Waals surface area contributed by atoms with Gasteiger partial charge in [0.25, 0.3) is 5.69 Å². The molecule has 0 aliphatic heterocycles. The predicted octanol–water partition coefficient (Wildman–Crippen LogP) is 1.31. The van der Waals surface area contributed by atoms with E-state index in [2.05, 4.69) is 0 Å². The van der Waals surface area contributed by atoms with Gasteiger partial charge in [-0.1, -0.05) is 0 Å². The van der Waals surface area contributed by atoms with Crippen LogP contribution in [0.3, 0.4) is 0 Å². The van der Waals surface area contributed by atoms with E-state index in [-0.39, 0.29) is 17.1 Å². The molecule has 20 heavy (non-hydrogen) atoms. The molecule has 0 bridgehead atoms. The van der Waals surface area contributed by atoms with Gasteiger partial charge in [0.05, 0.1) is 30.8 Å². The summed E-state index contributed by atoms with van der Waals surface area (Å²) in [6.07, 6.45) is -1.63. The van der Waals surface area contributed by atoms with Crippen molar-refractivity contribution in [3.63, 3.8) is 0 Å². The zero-order valence-corrected chi connectivity index (χ0v) is 11.1. The Morgan fingerprint density at radius 3 is 2.05 bits per heavy atom. The maximum atomic E-state index is 11.0. The van der Waals surface area contributed by atoms with Crippen LogP contribution < -0.4 is 9.47 Å². The molecule has 0 amide bonds. The standard InChI is InChI=1S/C11H14N2O7/c1-6(12(15)16)11(14)7-4-9(19-2)10(20-3)5-8(7)13(17)18/h4-6,11,14H,1-3H3. The van der Waals surface area contributed by atoms with E-state index in [4.69, 9.17) is 9.47 Å². The molecule has 2 atom stereocenters. The van der Waals surface area contributed by atoms with Gasteiger partial charge in [0.2, 0.25) is 6.04 Å². The zero-order chi connectivity index (χ0) is 15.4. The molecule has 0 aromatic heterocycles. The van der Waals surface area contributed by atoms with Gasteiger partial charge in [0.1, 0.15) is 0 Å². The first-order valence-electron chi connectivity index (χ1n) is 5.55. The Morgan fingerprint density at radius 2 is 1.65 bits per heavy atom. The summed E-state index contributed by atoms with van der Waals surface area (Å²) in [5.41, 5.74) is -0.666. The summed E-state index contributed by atoms with van der Waals surface area (Å²) in [5.74, 6) is 0.242. The van der Waals surface area contributed by atoms with Crippen molar-refractivity contribution in [2.24, 2.45) is 0 Å². The predicted molar refractivity (Wildman–Crippen MR) is 67.6 cm³/mol. The van der Waals surface area contributed by atoms with Crippen LogP contribution in [0, 0.1) is 20.2 Å². The summed E-state index contributed by atoms with van der Waals surface area (Å²) in [5, 5.41) is 31.6. The van der Waals surface area contributed by atoms with Crippen LogP contribution in [0.2, 0.25) is 0 Å². The van der Waals surface area contributed by atoms with Gasteiger partial charge in [-0.2, -0.15) is 0 Å². The van der Waals surface area contributed by atoms with Gasteiger partial charge in [0.15, 0.2) is 17.6 Å². The first-order valence-corrected chi connectivity index (χ1v) is 5.55. The van der Waals surface area contributed by atoms with Crippen molar-refractivity contribution < 1.29 is 24.4 Å². The van der Waals surface area contributed by atoms with Crippen LogP contribution in [0.4, 0.5) is 5.69 Å². The number of nitrogens with zero attached hydrogens (tertiary/aromatic N) is 2. The largest absolute Gasteiger partial charge is 0.493 e. The third-order valence-corrected chi connectivity index (χ3v) is 2.84. The minimum absolute atomic E-state index is 0.101. The van der Waals surface area contributed by atoms with Crippen LogP contribution in [0.5, 0.6) is 11.5 Å². The maximum Gasteiger partial charge on any atom is 0.279 e. The topological polar surface area (TPSA) is 125 Å². The van der Waals surface area contributed by atoms with Gasteiger partial charge >= 0.3 is 0 Å². The van der Waals surface area contributed by atoms with Crippen LogP contribution in [0.25, 0.3) is 0 Å². The molecule has 9 nitrogen and oxygen atoms in total. The minimum Gasteiger partial charge on any atom is -0.493 e. The summed E-state index contributed by atoms with van der Waals surface area (Å²) >= 11 is 0. The smallest absolute Gasteiger partial charge is 0.279 e. The van der Waals surface area contributed by atoms with E-state index in [0.29, 0.717) is 0 Å². The van der Waals surface area contributed by atoms with Crippen LogP contribution in [-0.4, -0.2) is 35.2 Å². The molecule has 0 saturated heterocycles. The molecule has 0 heterocycles. The fourth-order valence-corrected chi connectivity index (χ4v) is 1.65. The quantitative estimate of drug-likeness (QED) is 0.617. The molecule has 1 rings (SSSR count). The second-order valence-corrected chi connectivity index (χ2v) is 3.99. The zero-order valence-electron chi connectivity index (χ0n) is 11.1. The number of aliphatic hydroxyl groups excluding tert-OH is 1. The second kappa shape index (κ2) is 6.15. The number of hydrogen-bond donors (Lipinski definition) is 1. The van der Waals surface area contributed by atoms with Crippen LogP contribution in [0.1, 0.15) is 18.6 Å². The highest BCUT2D eigenvalue weighted by atomic mass is 16.6. The van der Waals surface area contributed by atoms with Crippen molar-refractivity contribution in [1.29, 1.82) is 0 Å². The average molecular weight is 286 g/mol. The average Bonchev–Trinajstić information content (AvgIpc) is 2.43. The first kappa shape index (κ1) is 15.6. The van der Waals surface area contributed by atoms with E-state index < -0.39 is 27.7 Å². The van der Waals surface area contributed by atoms with E-state index in [1.165, 1.54) is 20.3 Å². The highest BCUT2D eigenvalue weighted by Crippen LogP contribution is 2.38.